The first-order valence-corrected chi connectivity index (χ1v) is 7.01. The summed E-state index contributed by atoms with van der Waals surface area (Å²) in [5.74, 6) is 0. The Morgan fingerprint density at radius 1 is 1.38 bits per heavy atom. The van der Waals surface area contributed by atoms with Crippen LogP contribution in [0.15, 0.2) is 24.3 Å². The number of nitrogens with zero attached hydrogens (tertiary/aromatic N) is 2. The number of rotatable bonds is 4. The average molecular weight is 302 g/mol. The highest BCUT2D eigenvalue weighted by molar-refractivity contribution is 5.27. The Labute approximate surface area is 123 Å². The Morgan fingerprint density at radius 2 is 2.10 bits per heavy atom. The van der Waals surface area contributed by atoms with Crippen LogP contribution in [0.25, 0.3) is 0 Å². The lowest BCUT2D eigenvalue weighted by Crippen LogP contribution is -2.33. The van der Waals surface area contributed by atoms with Gasteiger partial charge in [0, 0.05) is 19.1 Å². The smallest absolute Gasteiger partial charge is 0.387 e. The summed E-state index contributed by atoms with van der Waals surface area (Å²) in [4.78, 5) is 4.23. The quantitative estimate of drug-likeness (QED) is 0.925. The molecule has 21 heavy (non-hydrogen) atoms. The van der Waals surface area contributed by atoms with Crippen molar-refractivity contribution in [1.29, 1.82) is 0 Å². The van der Waals surface area contributed by atoms with Crippen LogP contribution in [0, 0.1) is 0 Å². The molecule has 1 saturated heterocycles. The maximum Gasteiger partial charge on any atom is 0.416 e. The molecule has 1 aliphatic rings. The zero-order valence-corrected chi connectivity index (χ0v) is 12.3. The lowest BCUT2D eigenvalue weighted by Gasteiger charge is -2.23. The summed E-state index contributed by atoms with van der Waals surface area (Å²) in [5, 5.41) is 10.2. The van der Waals surface area contributed by atoms with Gasteiger partial charge in [0.25, 0.3) is 0 Å². The minimum absolute atomic E-state index is 0.318. The molecule has 0 bridgehead atoms. The number of likely N-dealkylation sites (N-methyl/N-ethyl adjacent to an activating group) is 1. The Balaban J connectivity index is 1.99. The molecule has 2 atom stereocenters. The van der Waals surface area contributed by atoms with Crippen molar-refractivity contribution in [1.82, 2.24) is 9.80 Å². The Bertz CT molecular complexity index is 476. The maximum atomic E-state index is 12.7. The van der Waals surface area contributed by atoms with Gasteiger partial charge in [0.1, 0.15) is 0 Å². The summed E-state index contributed by atoms with van der Waals surface area (Å²) in [6.45, 7) is 2.06. The number of benzene rings is 1. The fourth-order valence-corrected chi connectivity index (χ4v) is 2.67. The molecule has 0 radical (unpaired) electrons. The minimum atomic E-state index is -4.38. The predicted molar refractivity (Wildman–Crippen MR) is 74.9 cm³/mol. The highest BCUT2D eigenvalue weighted by Gasteiger charge is 2.31. The Kier molecular flexibility index (Phi) is 4.91. The van der Waals surface area contributed by atoms with Crippen molar-refractivity contribution in [2.24, 2.45) is 0 Å². The number of alkyl halides is 3. The van der Waals surface area contributed by atoms with E-state index in [1.54, 1.807) is 6.07 Å². The molecule has 0 aliphatic carbocycles. The molecule has 1 aromatic rings. The lowest BCUT2D eigenvalue weighted by molar-refractivity contribution is -0.137. The molecule has 0 spiro atoms. The lowest BCUT2D eigenvalue weighted by atomic mass is 10.1. The van der Waals surface area contributed by atoms with E-state index in [1.165, 1.54) is 6.07 Å². The van der Waals surface area contributed by atoms with Gasteiger partial charge < -0.3 is 10.0 Å². The van der Waals surface area contributed by atoms with E-state index >= 15 is 0 Å². The van der Waals surface area contributed by atoms with Crippen molar-refractivity contribution in [3.8, 4) is 0 Å². The molecule has 0 amide bonds. The van der Waals surface area contributed by atoms with Crippen molar-refractivity contribution >= 4 is 0 Å². The molecule has 1 aliphatic heterocycles. The summed E-state index contributed by atoms with van der Waals surface area (Å²) >= 11 is 0. The van der Waals surface area contributed by atoms with Crippen LogP contribution < -0.4 is 0 Å². The van der Waals surface area contributed by atoms with Gasteiger partial charge in [-0.25, -0.2) is 0 Å². The summed E-state index contributed by atoms with van der Waals surface area (Å²) in [7, 11) is 4.02. The fraction of sp³-hybridized carbons (Fsp3) is 0.600. The third-order valence-electron chi connectivity index (χ3n) is 4.01. The summed E-state index contributed by atoms with van der Waals surface area (Å²) in [5.41, 5.74) is -0.398. The van der Waals surface area contributed by atoms with E-state index in [0.717, 1.165) is 31.6 Å². The Morgan fingerprint density at radius 3 is 2.67 bits per heavy atom. The first-order valence-electron chi connectivity index (χ1n) is 7.01. The van der Waals surface area contributed by atoms with E-state index in [4.69, 9.17) is 0 Å². The monoisotopic (exact) mass is 302 g/mol. The predicted octanol–water partition coefficient (Wildman–Crippen LogP) is 2.37. The summed E-state index contributed by atoms with van der Waals surface area (Å²) in [6, 6.07) is 5.38. The highest BCUT2D eigenvalue weighted by Crippen LogP contribution is 2.31. The first kappa shape index (κ1) is 16.3. The van der Waals surface area contributed by atoms with E-state index in [-0.39, 0.29) is 0 Å². The number of aliphatic hydroxyl groups excluding tert-OH is 1. The van der Waals surface area contributed by atoms with Crippen LogP contribution in [-0.2, 0) is 6.18 Å². The molecule has 3 nitrogen and oxygen atoms in total. The molecule has 6 heteroatoms. The van der Waals surface area contributed by atoms with E-state index in [1.807, 2.05) is 14.1 Å². The van der Waals surface area contributed by atoms with Gasteiger partial charge >= 0.3 is 6.18 Å². The van der Waals surface area contributed by atoms with Gasteiger partial charge in [-0.15, -0.1) is 0 Å². The summed E-state index contributed by atoms with van der Waals surface area (Å²) in [6.07, 6.45) is -4.25. The van der Waals surface area contributed by atoms with Gasteiger partial charge in [-0.3, -0.25) is 4.90 Å². The van der Waals surface area contributed by atoms with Gasteiger partial charge in [0.2, 0.25) is 0 Å². The number of likely N-dealkylation sites (tertiary alicyclic amines) is 1. The topological polar surface area (TPSA) is 26.7 Å². The number of aliphatic hydroxyl groups is 1. The Hall–Kier alpha value is -1.11. The van der Waals surface area contributed by atoms with E-state index in [9.17, 15) is 18.3 Å². The molecular formula is C15H21F3N2O. The van der Waals surface area contributed by atoms with Gasteiger partial charge in [-0.2, -0.15) is 13.2 Å². The fourth-order valence-electron chi connectivity index (χ4n) is 2.67. The number of halogens is 3. The first-order chi connectivity index (χ1) is 9.77. The van der Waals surface area contributed by atoms with Crippen LogP contribution in [0.5, 0.6) is 0 Å². The second-order valence-electron chi connectivity index (χ2n) is 5.80. The van der Waals surface area contributed by atoms with Crippen molar-refractivity contribution in [3.63, 3.8) is 0 Å². The van der Waals surface area contributed by atoms with Crippen molar-refractivity contribution in [2.75, 3.05) is 33.7 Å². The maximum absolute atomic E-state index is 12.7. The zero-order valence-electron chi connectivity index (χ0n) is 12.3. The van der Waals surface area contributed by atoms with Gasteiger partial charge in [-0.1, -0.05) is 12.1 Å². The van der Waals surface area contributed by atoms with Crippen molar-refractivity contribution in [3.05, 3.63) is 35.4 Å². The van der Waals surface area contributed by atoms with Gasteiger partial charge in [0.15, 0.2) is 0 Å². The number of β-amino-alcohol motifs (C(OH)–C–C–N with tert-alkyl or cyclic N) is 1. The van der Waals surface area contributed by atoms with Crippen LogP contribution >= 0.6 is 0 Å². The molecule has 2 rings (SSSR count). The molecule has 0 aromatic heterocycles. The average Bonchev–Trinajstić information content (AvgIpc) is 2.86. The van der Waals surface area contributed by atoms with Gasteiger partial charge in [-0.05, 0) is 44.8 Å². The SMILES string of the molecule is CN(C)C1CCN(CC(O)c2cccc(C(F)(F)F)c2)C1. The third-order valence-corrected chi connectivity index (χ3v) is 4.01. The molecule has 1 heterocycles. The minimum Gasteiger partial charge on any atom is -0.387 e. The van der Waals surface area contributed by atoms with E-state index in [0.29, 0.717) is 18.2 Å². The molecular weight excluding hydrogens is 281 g/mol. The summed E-state index contributed by atoms with van der Waals surface area (Å²) < 4.78 is 38.0. The molecule has 1 aromatic carbocycles. The molecule has 1 fully saturated rings. The van der Waals surface area contributed by atoms with Crippen molar-refractivity contribution < 1.29 is 18.3 Å². The molecule has 118 valence electrons. The van der Waals surface area contributed by atoms with Crippen LogP contribution in [0.3, 0.4) is 0 Å². The second kappa shape index (κ2) is 6.34. The normalized spacial score (nSPS) is 22.0. The molecule has 1 N–H and O–H groups in total. The molecule has 2 unspecified atom stereocenters. The number of hydrogen-bond acceptors (Lipinski definition) is 3. The van der Waals surface area contributed by atoms with Gasteiger partial charge in [0.05, 0.1) is 11.7 Å². The van der Waals surface area contributed by atoms with Crippen molar-refractivity contribution in [2.45, 2.75) is 24.7 Å². The third kappa shape index (κ3) is 4.18. The van der Waals surface area contributed by atoms with Crippen LogP contribution in [0.1, 0.15) is 23.7 Å². The zero-order chi connectivity index (χ0) is 15.6. The standard InChI is InChI=1S/C15H21F3N2O/c1-19(2)13-6-7-20(9-13)10-14(21)11-4-3-5-12(8-11)15(16,17)18/h3-5,8,13-14,21H,6-7,9-10H2,1-2H3. The van der Waals surface area contributed by atoms with E-state index in [2.05, 4.69) is 9.80 Å². The van der Waals surface area contributed by atoms with Crippen LogP contribution in [0.2, 0.25) is 0 Å². The largest absolute Gasteiger partial charge is 0.416 e. The molecule has 0 saturated carbocycles. The van der Waals surface area contributed by atoms with Crippen LogP contribution in [0.4, 0.5) is 13.2 Å². The number of hydrogen-bond donors (Lipinski definition) is 1. The van der Waals surface area contributed by atoms with Crippen LogP contribution in [-0.4, -0.2) is 54.7 Å². The second-order valence-corrected chi connectivity index (χ2v) is 5.80. The van der Waals surface area contributed by atoms with E-state index < -0.39 is 17.8 Å². The highest BCUT2D eigenvalue weighted by atomic mass is 19.4.